The lowest BCUT2D eigenvalue weighted by Gasteiger charge is -2.44. The molecule has 0 aliphatic carbocycles. The summed E-state index contributed by atoms with van der Waals surface area (Å²) in [5.41, 5.74) is 0. The molecule has 3 rings (SSSR count). The number of nitrogens with zero attached hydrogens (tertiary/aromatic N) is 1. The zero-order valence-corrected chi connectivity index (χ0v) is 5.47. The minimum absolute atomic E-state index is 0.506. The molecule has 8 heavy (non-hydrogen) atoms. The number of ether oxygens (including phenoxy) is 1. The Labute approximate surface area is 54.4 Å². The molecule has 2 nitrogen and oxygen atoms in total. The van der Waals surface area contributed by atoms with Crippen LogP contribution in [-0.2, 0) is 4.74 Å². The molecular formula is C5H9NOS. The topological polar surface area (TPSA) is 12.5 Å². The molecule has 3 aliphatic rings. The Morgan fingerprint density at radius 1 is 1.38 bits per heavy atom. The maximum absolute atomic E-state index is 5.35. The van der Waals surface area contributed by atoms with E-state index in [-0.39, 0.29) is 0 Å². The predicted octanol–water partition coefficient (Wildman–Crippen LogP) is 0.304. The lowest BCUT2D eigenvalue weighted by molar-refractivity contribution is -0.162. The van der Waals surface area contributed by atoms with Crippen molar-refractivity contribution < 1.29 is 4.74 Å². The van der Waals surface area contributed by atoms with Gasteiger partial charge in [-0.05, 0) is 0 Å². The molecule has 0 aromatic carbocycles. The van der Waals surface area contributed by atoms with Crippen molar-refractivity contribution in [1.82, 2.24) is 4.31 Å². The summed E-state index contributed by atoms with van der Waals surface area (Å²) in [7, 11) is 0. The summed E-state index contributed by atoms with van der Waals surface area (Å²) in [5, 5.41) is 0. The van der Waals surface area contributed by atoms with Gasteiger partial charge in [-0.3, -0.25) is 0 Å². The van der Waals surface area contributed by atoms with Crippen LogP contribution in [0.25, 0.3) is 0 Å². The van der Waals surface area contributed by atoms with E-state index in [0.29, 0.717) is 12.2 Å². The summed E-state index contributed by atoms with van der Waals surface area (Å²) in [6, 6.07) is 0. The van der Waals surface area contributed by atoms with E-state index in [2.05, 4.69) is 12.8 Å². The fourth-order valence-electron chi connectivity index (χ4n) is 1.33. The van der Waals surface area contributed by atoms with Gasteiger partial charge in [0.2, 0.25) is 0 Å². The van der Waals surface area contributed by atoms with E-state index in [1.165, 1.54) is 6.42 Å². The van der Waals surface area contributed by atoms with Gasteiger partial charge in [-0.1, -0.05) is 12.8 Å². The standard InChI is InChI=1S/C5H9NOS/c8-6-2-4-1-5(3-6)7-4/h4-5,8H,1-3H2. The summed E-state index contributed by atoms with van der Waals surface area (Å²) in [5.74, 6) is 0. The van der Waals surface area contributed by atoms with Crippen LogP contribution in [0.5, 0.6) is 0 Å². The maximum atomic E-state index is 5.35. The van der Waals surface area contributed by atoms with Crippen molar-refractivity contribution in [3.8, 4) is 0 Å². The van der Waals surface area contributed by atoms with Crippen LogP contribution in [0.1, 0.15) is 6.42 Å². The highest BCUT2D eigenvalue weighted by Gasteiger charge is 2.36. The molecule has 3 heteroatoms. The molecular weight excluding hydrogens is 122 g/mol. The second kappa shape index (κ2) is 1.62. The number of thiol groups is 1. The average molecular weight is 131 g/mol. The molecule has 2 unspecified atom stereocenters. The van der Waals surface area contributed by atoms with Crippen molar-refractivity contribution in [2.24, 2.45) is 0 Å². The molecule has 0 spiro atoms. The number of morpholine rings is 1. The van der Waals surface area contributed by atoms with Crippen LogP contribution in [0.2, 0.25) is 0 Å². The molecule has 3 fully saturated rings. The van der Waals surface area contributed by atoms with Crippen molar-refractivity contribution in [1.29, 1.82) is 0 Å². The molecule has 2 atom stereocenters. The molecule has 2 bridgehead atoms. The quantitative estimate of drug-likeness (QED) is 0.475. The van der Waals surface area contributed by atoms with Gasteiger partial charge in [0.1, 0.15) is 0 Å². The Kier molecular flexibility index (Phi) is 1.03. The average Bonchev–Trinajstić information content (AvgIpc) is 1.62. The third kappa shape index (κ3) is 0.658. The van der Waals surface area contributed by atoms with Gasteiger partial charge < -0.3 is 4.74 Å². The van der Waals surface area contributed by atoms with E-state index in [4.69, 9.17) is 4.74 Å². The fourth-order valence-corrected chi connectivity index (χ4v) is 1.70. The third-order valence-electron chi connectivity index (χ3n) is 1.74. The monoisotopic (exact) mass is 131 g/mol. The summed E-state index contributed by atoms with van der Waals surface area (Å²) >= 11 is 4.20. The number of hydrogen-bond acceptors (Lipinski definition) is 3. The first kappa shape index (κ1) is 5.09. The van der Waals surface area contributed by atoms with E-state index in [0.717, 1.165) is 13.1 Å². The molecule has 0 saturated carbocycles. The summed E-state index contributed by atoms with van der Waals surface area (Å²) < 4.78 is 7.38. The Hall–Kier alpha value is 0.270. The van der Waals surface area contributed by atoms with Gasteiger partial charge in [0, 0.05) is 19.5 Å². The van der Waals surface area contributed by atoms with Crippen LogP contribution in [0.15, 0.2) is 0 Å². The van der Waals surface area contributed by atoms with Gasteiger partial charge in [0.05, 0.1) is 12.2 Å². The van der Waals surface area contributed by atoms with Crippen molar-refractivity contribution in [3.63, 3.8) is 0 Å². The molecule has 0 amide bonds. The van der Waals surface area contributed by atoms with Crippen molar-refractivity contribution >= 4 is 12.8 Å². The fraction of sp³-hybridized carbons (Fsp3) is 1.00. The summed E-state index contributed by atoms with van der Waals surface area (Å²) in [6.45, 7) is 2.03. The SMILES string of the molecule is SN1CC2CC(C1)O2. The maximum Gasteiger partial charge on any atom is 0.0740 e. The molecule has 0 N–H and O–H groups in total. The zero-order valence-electron chi connectivity index (χ0n) is 4.58. The minimum atomic E-state index is 0.506. The van der Waals surface area contributed by atoms with E-state index in [1.54, 1.807) is 0 Å². The van der Waals surface area contributed by atoms with E-state index < -0.39 is 0 Å². The highest BCUT2D eigenvalue weighted by Crippen LogP contribution is 2.28. The Morgan fingerprint density at radius 2 is 1.88 bits per heavy atom. The van der Waals surface area contributed by atoms with E-state index >= 15 is 0 Å². The molecule has 0 aromatic heterocycles. The molecule has 3 heterocycles. The van der Waals surface area contributed by atoms with Crippen molar-refractivity contribution in [2.75, 3.05) is 13.1 Å². The second-order valence-electron chi connectivity index (χ2n) is 2.49. The summed E-state index contributed by atoms with van der Waals surface area (Å²) in [6.07, 6.45) is 2.27. The zero-order chi connectivity index (χ0) is 5.56. The van der Waals surface area contributed by atoms with Gasteiger partial charge in [0.25, 0.3) is 0 Å². The molecule has 3 saturated heterocycles. The lowest BCUT2D eigenvalue weighted by atomic mass is 10.0. The van der Waals surface area contributed by atoms with Gasteiger partial charge in [-0.15, -0.1) is 0 Å². The van der Waals surface area contributed by atoms with Crippen molar-refractivity contribution in [3.05, 3.63) is 0 Å². The number of rotatable bonds is 0. The highest BCUT2D eigenvalue weighted by molar-refractivity contribution is 7.77. The van der Waals surface area contributed by atoms with Crippen molar-refractivity contribution in [2.45, 2.75) is 18.6 Å². The van der Waals surface area contributed by atoms with E-state index in [1.807, 2.05) is 4.31 Å². The van der Waals surface area contributed by atoms with Gasteiger partial charge in [-0.2, -0.15) is 0 Å². The Balaban J connectivity index is 1.97. The first-order valence-corrected chi connectivity index (χ1v) is 3.34. The normalized spacial score (nSPS) is 46.1. The minimum Gasteiger partial charge on any atom is -0.372 e. The molecule has 0 aromatic rings. The van der Waals surface area contributed by atoms with Crippen LogP contribution < -0.4 is 0 Å². The Morgan fingerprint density at radius 3 is 2.12 bits per heavy atom. The summed E-state index contributed by atoms with van der Waals surface area (Å²) in [4.78, 5) is 0. The molecule has 0 radical (unpaired) electrons. The lowest BCUT2D eigenvalue weighted by Crippen LogP contribution is -2.54. The third-order valence-corrected chi connectivity index (χ3v) is 2.07. The Bertz CT molecular complexity index is 92.6. The van der Waals surface area contributed by atoms with Gasteiger partial charge in [0.15, 0.2) is 0 Å². The number of piperidine rings is 1. The predicted molar refractivity (Wildman–Crippen MR) is 33.8 cm³/mol. The molecule has 3 aliphatic heterocycles. The van der Waals surface area contributed by atoms with E-state index in [9.17, 15) is 0 Å². The largest absolute Gasteiger partial charge is 0.372 e. The van der Waals surface area contributed by atoms with Crippen LogP contribution >= 0.6 is 12.8 Å². The van der Waals surface area contributed by atoms with Gasteiger partial charge in [-0.25, -0.2) is 4.31 Å². The number of fused-ring (bicyclic) bond motifs is 2. The number of hydrogen-bond donors (Lipinski definition) is 1. The van der Waals surface area contributed by atoms with Crippen LogP contribution in [0.4, 0.5) is 0 Å². The van der Waals surface area contributed by atoms with Crippen LogP contribution in [-0.4, -0.2) is 29.6 Å². The second-order valence-corrected chi connectivity index (χ2v) is 3.05. The van der Waals surface area contributed by atoms with Gasteiger partial charge >= 0.3 is 0 Å². The first-order chi connectivity index (χ1) is 3.84. The highest BCUT2D eigenvalue weighted by atomic mass is 32.1. The van der Waals surface area contributed by atoms with Crippen LogP contribution in [0, 0.1) is 0 Å². The molecule has 46 valence electrons. The van der Waals surface area contributed by atoms with Crippen LogP contribution in [0.3, 0.4) is 0 Å². The smallest absolute Gasteiger partial charge is 0.0740 e. The first-order valence-electron chi connectivity index (χ1n) is 2.94.